The van der Waals surface area contributed by atoms with Crippen LogP contribution in [0.1, 0.15) is 44.1 Å². The van der Waals surface area contributed by atoms with Crippen molar-refractivity contribution in [3.8, 4) is 0 Å². The van der Waals surface area contributed by atoms with Crippen LogP contribution in [0.2, 0.25) is 0 Å². The Labute approximate surface area is 132 Å². The summed E-state index contributed by atoms with van der Waals surface area (Å²) in [6.07, 6.45) is 4.93. The molecule has 0 spiro atoms. The van der Waals surface area contributed by atoms with Gasteiger partial charge in [0.25, 0.3) is 0 Å². The van der Waals surface area contributed by atoms with Crippen LogP contribution in [0, 0.1) is 0 Å². The van der Waals surface area contributed by atoms with Crippen LogP contribution in [0.4, 0.5) is 5.69 Å². The summed E-state index contributed by atoms with van der Waals surface area (Å²) in [5, 5.41) is 2.52. The fraction of sp³-hybridized carbons (Fsp3) is 0.562. The summed E-state index contributed by atoms with van der Waals surface area (Å²) in [5.74, 6) is -0.118. The van der Waals surface area contributed by atoms with Gasteiger partial charge in [0, 0.05) is 18.7 Å². The standard InChI is InChI=1S/C16H24N2O3S/c17-10-9-16(19)18-14-6-4-5-13(11-14)12-22(20,21)15-7-2-1-3-8-15/h4-6,11,15H,1-3,7-10,12,17H2,(H,18,19). The maximum atomic E-state index is 12.5. The van der Waals surface area contributed by atoms with Gasteiger partial charge in [0.2, 0.25) is 5.91 Å². The molecule has 0 aromatic heterocycles. The van der Waals surface area contributed by atoms with E-state index in [1.807, 2.05) is 0 Å². The van der Waals surface area contributed by atoms with Crippen molar-refractivity contribution in [1.82, 2.24) is 0 Å². The van der Waals surface area contributed by atoms with Crippen molar-refractivity contribution >= 4 is 21.4 Å². The molecule has 1 aliphatic rings. The molecule has 1 aromatic rings. The third-order valence-electron chi connectivity index (χ3n) is 4.01. The van der Waals surface area contributed by atoms with E-state index in [4.69, 9.17) is 5.73 Å². The molecule has 6 heteroatoms. The minimum Gasteiger partial charge on any atom is -0.330 e. The second-order valence-corrected chi connectivity index (χ2v) is 8.14. The number of hydrogen-bond donors (Lipinski definition) is 2. The van der Waals surface area contributed by atoms with Crippen LogP contribution in [-0.4, -0.2) is 26.1 Å². The topological polar surface area (TPSA) is 89.3 Å². The maximum Gasteiger partial charge on any atom is 0.225 e. The molecular weight excluding hydrogens is 300 g/mol. The van der Waals surface area contributed by atoms with E-state index in [-0.39, 0.29) is 23.3 Å². The molecule has 1 fully saturated rings. The number of carbonyl (C=O) groups excluding carboxylic acids is 1. The SMILES string of the molecule is NCCC(=O)Nc1cccc(CS(=O)(=O)C2CCCCC2)c1. The van der Waals surface area contributed by atoms with Crippen molar-refractivity contribution in [3.63, 3.8) is 0 Å². The van der Waals surface area contributed by atoms with Crippen LogP contribution in [-0.2, 0) is 20.4 Å². The highest BCUT2D eigenvalue weighted by molar-refractivity contribution is 7.91. The molecule has 0 saturated heterocycles. The summed E-state index contributed by atoms with van der Waals surface area (Å²) in [4.78, 5) is 11.5. The quantitative estimate of drug-likeness (QED) is 0.839. The molecule has 122 valence electrons. The molecule has 0 aliphatic heterocycles. The predicted octanol–water partition coefficient (Wildman–Crippen LogP) is 2.22. The van der Waals surface area contributed by atoms with E-state index in [9.17, 15) is 13.2 Å². The van der Waals surface area contributed by atoms with E-state index in [2.05, 4.69) is 5.32 Å². The molecule has 1 amide bonds. The monoisotopic (exact) mass is 324 g/mol. The van der Waals surface area contributed by atoms with Crippen molar-refractivity contribution in [2.75, 3.05) is 11.9 Å². The number of amides is 1. The first-order valence-corrected chi connectivity index (χ1v) is 9.53. The fourth-order valence-electron chi connectivity index (χ4n) is 2.87. The maximum absolute atomic E-state index is 12.5. The molecule has 3 N–H and O–H groups in total. The Kier molecular flexibility index (Phi) is 5.97. The number of benzene rings is 1. The molecule has 5 nitrogen and oxygen atoms in total. The van der Waals surface area contributed by atoms with Gasteiger partial charge >= 0.3 is 0 Å². The van der Waals surface area contributed by atoms with Crippen molar-refractivity contribution in [1.29, 1.82) is 0 Å². The van der Waals surface area contributed by atoms with Crippen molar-refractivity contribution in [2.45, 2.75) is 49.5 Å². The summed E-state index contributed by atoms with van der Waals surface area (Å²) in [5.41, 5.74) is 6.68. The van der Waals surface area contributed by atoms with Crippen molar-refractivity contribution < 1.29 is 13.2 Å². The molecular formula is C16H24N2O3S. The number of nitrogens with two attached hydrogens (primary N) is 1. The van der Waals surface area contributed by atoms with E-state index in [0.29, 0.717) is 12.2 Å². The van der Waals surface area contributed by atoms with E-state index in [0.717, 1.165) is 37.7 Å². The lowest BCUT2D eigenvalue weighted by atomic mass is 10.0. The van der Waals surface area contributed by atoms with Gasteiger partial charge in [-0.2, -0.15) is 0 Å². The van der Waals surface area contributed by atoms with Gasteiger partial charge in [-0.15, -0.1) is 0 Å². The summed E-state index contributed by atoms with van der Waals surface area (Å²) in [6, 6.07) is 7.04. The minimum absolute atomic E-state index is 0.0399. The van der Waals surface area contributed by atoms with Crippen LogP contribution >= 0.6 is 0 Å². The molecule has 0 bridgehead atoms. The molecule has 22 heavy (non-hydrogen) atoms. The molecule has 1 aliphatic carbocycles. The minimum atomic E-state index is -3.12. The van der Waals surface area contributed by atoms with Gasteiger partial charge in [-0.3, -0.25) is 4.79 Å². The van der Waals surface area contributed by atoms with Crippen LogP contribution in [0.25, 0.3) is 0 Å². The van der Waals surface area contributed by atoms with E-state index < -0.39 is 9.84 Å². The van der Waals surface area contributed by atoms with Gasteiger partial charge < -0.3 is 11.1 Å². The lowest BCUT2D eigenvalue weighted by Gasteiger charge is -2.21. The van der Waals surface area contributed by atoms with Gasteiger partial charge in [-0.25, -0.2) is 8.42 Å². The summed E-state index contributed by atoms with van der Waals surface area (Å²) in [6.45, 7) is 0.293. The lowest BCUT2D eigenvalue weighted by Crippen LogP contribution is -2.25. The molecule has 0 unspecified atom stereocenters. The van der Waals surface area contributed by atoms with Gasteiger partial charge in [0.1, 0.15) is 0 Å². The molecule has 0 radical (unpaired) electrons. The third kappa shape index (κ3) is 4.81. The second-order valence-electron chi connectivity index (χ2n) is 5.85. The zero-order valence-electron chi connectivity index (χ0n) is 12.8. The van der Waals surface area contributed by atoms with Gasteiger partial charge in [0.05, 0.1) is 11.0 Å². The van der Waals surface area contributed by atoms with Crippen LogP contribution < -0.4 is 11.1 Å². The Balaban J connectivity index is 2.04. The number of anilines is 1. The van der Waals surface area contributed by atoms with E-state index in [1.54, 1.807) is 24.3 Å². The molecule has 0 heterocycles. The molecule has 1 aromatic carbocycles. The molecule has 1 saturated carbocycles. The highest BCUT2D eigenvalue weighted by atomic mass is 32.2. The smallest absolute Gasteiger partial charge is 0.225 e. The zero-order chi connectivity index (χ0) is 16.0. The first-order valence-electron chi connectivity index (χ1n) is 7.82. The Morgan fingerprint density at radius 3 is 2.64 bits per heavy atom. The van der Waals surface area contributed by atoms with Crippen molar-refractivity contribution in [3.05, 3.63) is 29.8 Å². The van der Waals surface area contributed by atoms with Crippen LogP contribution in [0.3, 0.4) is 0 Å². The third-order valence-corrected chi connectivity index (χ3v) is 6.23. The second kappa shape index (κ2) is 7.74. The zero-order valence-corrected chi connectivity index (χ0v) is 13.6. The molecule has 0 atom stereocenters. The van der Waals surface area contributed by atoms with E-state index in [1.165, 1.54) is 0 Å². The number of sulfone groups is 1. The average molecular weight is 324 g/mol. The van der Waals surface area contributed by atoms with Crippen LogP contribution in [0.15, 0.2) is 24.3 Å². The highest BCUT2D eigenvalue weighted by Crippen LogP contribution is 2.26. The van der Waals surface area contributed by atoms with Gasteiger partial charge in [-0.05, 0) is 30.5 Å². The fourth-order valence-corrected chi connectivity index (χ4v) is 4.80. The first-order chi connectivity index (χ1) is 10.5. The molecule has 2 rings (SSSR count). The Bertz CT molecular complexity index is 608. The van der Waals surface area contributed by atoms with Gasteiger partial charge in [-0.1, -0.05) is 31.4 Å². The summed E-state index contributed by atoms with van der Waals surface area (Å²) >= 11 is 0. The Morgan fingerprint density at radius 2 is 1.95 bits per heavy atom. The number of rotatable bonds is 6. The number of nitrogens with one attached hydrogen (secondary N) is 1. The Hall–Kier alpha value is -1.40. The van der Waals surface area contributed by atoms with E-state index >= 15 is 0 Å². The average Bonchev–Trinajstić information content (AvgIpc) is 2.48. The van der Waals surface area contributed by atoms with Crippen molar-refractivity contribution in [2.24, 2.45) is 5.73 Å². The number of carbonyl (C=O) groups is 1. The number of hydrogen-bond acceptors (Lipinski definition) is 4. The summed E-state index contributed by atoms with van der Waals surface area (Å²) in [7, 11) is -3.12. The van der Waals surface area contributed by atoms with Crippen LogP contribution in [0.5, 0.6) is 0 Å². The Morgan fingerprint density at radius 1 is 1.23 bits per heavy atom. The largest absolute Gasteiger partial charge is 0.330 e. The normalized spacial score (nSPS) is 16.4. The summed E-state index contributed by atoms with van der Waals surface area (Å²) < 4.78 is 25.0. The first kappa shape index (κ1) is 17.0. The highest BCUT2D eigenvalue weighted by Gasteiger charge is 2.27. The van der Waals surface area contributed by atoms with Gasteiger partial charge in [0.15, 0.2) is 9.84 Å². The lowest BCUT2D eigenvalue weighted by molar-refractivity contribution is -0.116. The predicted molar refractivity (Wildman–Crippen MR) is 88.2 cm³/mol.